The van der Waals surface area contributed by atoms with Crippen molar-refractivity contribution in [3.63, 3.8) is 0 Å². The van der Waals surface area contributed by atoms with Crippen molar-refractivity contribution in [2.75, 3.05) is 13.2 Å². The fourth-order valence-corrected chi connectivity index (χ4v) is 3.12. The van der Waals surface area contributed by atoms with E-state index in [1.54, 1.807) is 0 Å². The predicted octanol–water partition coefficient (Wildman–Crippen LogP) is 2.74. The van der Waals surface area contributed by atoms with Crippen molar-refractivity contribution in [1.82, 2.24) is 0 Å². The third-order valence-corrected chi connectivity index (χ3v) is 4.46. The molecule has 84 valence electrons. The quantitative estimate of drug-likeness (QED) is 0.858. The molecule has 0 radical (unpaired) electrons. The van der Waals surface area contributed by atoms with Crippen LogP contribution in [0.1, 0.15) is 35.6 Å². The molecule has 2 rings (SSSR count). The van der Waals surface area contributed by atoms with Crippen molar-refractivity contribution in [2.45, 2.75) is 32.2 Å². The minimum atomic E-state index is 0.221. The Hall–Kier alpha value is -0.380. The first-order chi connectivity index (χ1) is 7.31. The van der Waals surface area contributed by atoms with Gasteiger partial charge in [-0.3, -0.25) is 0 Å². The minimum Gasteiger partial charge on any atom is -0.381 e. The first-order valence-electron chi connectivity index (χ1n) is 5.73. The molecule has 0 amide bonds. The van der Waals surface area contributed by atoms with E-state index in [0.29, 0.717) is 5.92 Å². The number of ether oxygens (including phenoxy) is 1. The molecule has 2 heterocycles. The Labute approximate surface area is 95.4 Å². The standard InChI is InChI=1S/C12H19NOS/c1-2-10-3-4-11(15-10)12(13)9-5-7-14-8-6-9/h3-4,9,12H,2,5-8,13H2,1H3. The van der Waals surface area contributed by atoms with Gasteiger partial charge in [0.15, 0.2) is 0 Å². The SMILES string of the molecule is CCc1ccc(C(N)C2CCOCC2)s1. The molecule has 0 aliphatic carbocycles. The lowest BCUT2D eigenvalue weighted by molar-refractivity contribution is 0.0587. The van der Waals surface area contributed by atoms with Crippen LogP contribution >= 0.6 is 11.3 Å². The Morgan fingerprint density at radius 2 is 2.20 bits per heavy atom. The number of thiophene rings is 1. The molecule has 1 aliphatic heterocycles. The van der Waals surface area contributed by atoms with E-state index in [9.17, 15) is 0 Å². The molecule has 0 aromatic carbocycles. The molecular formula is C12H19NOS. The summed E-state index contributed by atoms with van der Waals surface area (Å²) < 4.78 is 5.36. The maximum Gasteiger partial charge on any atom is 0.0469 e. The van der Waals surface area contributed by atoms with Crippen LogP contribution in [0, 0.1) is 5.92 Å². The highest BCUT2D eigenvalue weighted by molar-refractivity contribution is 7.12. The van der Waals surface area contributed by atoms with Crippen LogP contribution in [0.15, 0.2) is 12.1 Å². The van der Waals surface area contributed by atoms with E-state index >= 15 is 0 Å². The molecule has 2 N–H and O–H groups in total. The van der Waals surface area contributed by atoms with Gasteiger partial charge < -0.3 is 10.5 Å². The molecule has 0 spiro atoms. The average molecular weight is 225 g/mol. The average Bonchev–Trinajstić information content (AvgIpc) is 2.78. The normalized spacial score (nSPS) is 20.4. The molecule has 0 bridgehead atoms. The fraction of sp³-hybridized carbons (Fsp3) is 0.667. The second kappa shape index (κ2) is 5.10. The van der Waals surface area contributed by atoms with Gasteiger partial charge in [0.25, 0.3) is 0 Å². The van der Waals surface area contributed by atoms with E-state index < -0.39 is 0 Å². The summed E-state index contributed by atoms with van der Waals surface area (Å²) >= 11 is 1.87. The molecule has 1 aromatic heterocycles. The largest absolute Gasteiger partial charge is 0.381 e. The van der Waals surface area contributed by atoms with Crippen molar-refractivity contribution in [3.05, 3.63) is 21.9 Å². The van der Waals surface area contributed by atoms with Crippen molar-refractivity contribution >= 4 is 11.3 Å². The smallest absolute Gasteiger partial charge is 0.0469 e. The van der Waals surface area contributed by atoms with Gasteiger partial charge in [-0.25, -0.2) is 0 Å². The van der Waals surface area contributed by atoms with E-state index in [-0.39, 0.29) is 6.04 Å². The molecule has 3 heteroatoms. The maximum absolute atomic E-state index is 6.29. The van der Waals surface area contributed by atoms with Gasteiger partial charge in [-0.1, -0.05) is 6.92 Å². The van der Waals surface area contributed by atoms with Crippen molar-refractivity contribution in [2.24, 2.45) is 11.7 Å². The van der Waals surface area contributed by atoms with Gasteiger partial charge in [0.1, 0.15) is 0 Å². The highest BCUT2D eigenvalue weighted by Gasteiger charge is 2.23. The van der Waals surface area contributed by atoms with Crippen molar-refractivity contribution in [1.29, 1.82) is 0 Å². The van der Waals surface area contributed by atoms with Gasteiger partial charge in [0.2, 0.25) is 0 Å². The Morgan fingerprint density at radius 3 is 2.80 bits per heavy atom. The van der Waals surface area contributed by atoms with Gasteiger partial charge in [0.05, 0.1) is 0 Å². The summed E-state index contributed by atoms with van der Waals surface area (Å²) in [5, 5.41) is 0. The second-order valence-corrected chi connectivity index (χ2v) is 5.33. The lowest BCUT2D eigenvalue weighted by Crippen LogP contribution is -2.26. The number of hydrogen-bond acceptors (Lipinski definition) is 3. The van der Waals surface area contributed by atoms with E-state index in [1.165, 1.54) is 9.75 Å². The van der Waals surface area contributed by atoms with Crippen molar-refractivity contribution < 1.29 is 4.74 Å². The van der Waals surface area contributed by atoms with Crippen LogP contribution in [0.3, 0.4) is 0 Å². The lowest BCUT2D eigenvalue weighted by Gasteiger charge is -2.26. The molecule has 1 aliphatic rings. The summed E-state index contributed by atoms with van der Waals surface area (Å²) in [6, 6.07) is 4.63. The molecule has 1 unspecified atom stereocenters. The Bertz CT molecular complexity index is 304. The first kappa shape index (κ1) is 11.1. The molecule has 1 saturated heterocycles. The van der Waals surface area contributed by atoms with Crippen LogP contribution in [0.5, 0.6) is 0 Å². The Kier molecular flexibility index (Phi) is 3.78. The monoisotopic (exact) mass is 225 g/mol. The fourth-order valence-electron chi connectivity index (χ4n) is 2.07. The summed E-state index contributed by atoms with van der Waals surface area (Å²) in [6.45, 7) is 3.95. The molecule has 2 nitrogen and oxygen atoms in total. The number of nitrogens with two attached hydrogens (primary N) is 1. The van der Waals surface area contributed by atoms with Crippen molar-refractivity contribution in [3.8, 4) is 0 Å². The van der Waals surface area contributed by atoms with Gasteiger partial charge in [0, 0.05) is 29.0 Å². The molecule has 1 fully saturated rings. The number of rotatable bonds is 3. The second-order valence-electron chi connectivity index (χ2n) is 4.13. The molecule has 1 atom stereocenters. The highest BCUT2D eigenvalue weighted by Crippen LogP contribution is 2.32. The zero-order valence-corrected chi connectivity index (χ0v) is 10.1. The summed E-state index contributed by atoms with van der Waals surface area (Å²) in [5.41, 5.74) is 6.29. The summed E-state index contributed by atoms with van der Waals surface area (Å²) in [7, 11) is 0. The lowest BCUT2D eigenvalue weighted by atomic mass is 9.91. The van der Waals surface area contributed by atoms with E-state index in [4.69, 9.17) is 10.5 Å². The summed E-state index contributed by atoms with van der Waals surface area (Å²) in [5.74, 6) is 0.613. The summed E-state index contributed by atoms with van der Waals surface area (Å²) in [4.78, 5) is 2.78. The number of aryl methyl sites for hydroxylation is 1. The zero-order chi connectivity index (χ0) is 10.7. The molecular weight excluding hydrogens is 206 g/mol. The Balaban J connectivity index is 2.02. The van der Waals surface area contributed by atoms with Crippen LogP contribution in [-0.2, 0) is 11.2 Å². The van der Waals surface area contributed by atoms with Crippen LogP contribution in [0.4, 0.5) is 0 Å². The third-order valence-electron chi connectivity index (χ3n) is 3.13. The topological polar surface area (TPSA) is 35.2 Å². The molecule has 1 aromatic rings. The zero-order valence-electron chi connectivity index (χ0n) is 9.24. The van der Waals surface area contributed by atoms with Gasteiger partial charge in [-0.05, 0) is 37.3 Å². The summed E-state index contributed by atoms with van der Waals surface area (Å²) in [6.07, 6.45) is 3.34. The predicted molar refractivity (Wildman–Crippen MR) is 64.2 cm³/mol. The van der Waals surface area contributed by atoms with E-state index in [1.807, 2.05) is 11.3 Å². The maximum atomic E-state index is 6.29. The highest BCUT2D eigenvalue weighted by atomic mass is 32.1. The molecule has 15 heavy (non-hydrogen) atoms. The minimum absolute atomic E-state index is 0.221. The van der Waals surface area contributed by atoms with Gasteiger partial charge >= 0.3 is 0 Å². The first-order valence-corrected chi connectivity index (χ1v) is 6.55. The molecule has 0 saturated carbocycles. The van der Waals surface area contributed by atoms with Gasteiger partial charge in [-0.2, -0.15) is 0 Å². The number of hydrogen-bond donors (Lipinski definition) is 1. The van der Waals surface area contributed by atoms with Crippen LogP contribution in [0.25, 0.3) is 0 Å². The van der Waals surface area contributed by atoms with Gasteiger partial charge in [-0.15, -0.1) is 11.3 Å². The third kappa shape index (κ3) is 2.60. The van der Waals surface area contributed by atoms with E-state index in [0.717, 1.165) is 32.5 Å². The van der Waals surface area contributed by atoms with Crippen LogP contribution in [-0.4, -0.2) is 13.2 Å². The van der Waals surface area contributed by atoms with Crippen LogP contribution < -0.4 is 5.73 Å². The van der Waals surface area contributed by atoms with Crippen LogP contribution in [0.2, 0.25) is 0 Å². The van der Waals surface area contributed by atoms with E-state index in [2.05, 4.69) is 19.1 Å². The Morgan fingerprint density at radius 1 is 1.47 bits per heavy atom.